The summed E-state index contributed by atoms with van der Waals surface area (Å²) in [6.45, 7) is 1.45. The van der Waals surface area contributed by atoms with Gasteiger partial charge in [-0.25, -0.2) is 0 Å². The molecule has 0 aliphatic rings. The van der Waals surface area contributed by atoms with Crippen molar-refractivity contribution < 1.29 is 14.3 Å². The average molecular weight is 261 g/mol. The second kappa shape index (κ2) is 6.97. The normalized spacial score (nSPS) is 10.6. The lowest BCUT2D eigenvalue weighted by Gasteiger charge is -2.08. The Hall–Kier alpha value is -1.78. The zero-order valence-electron chi connectivity index (χ0n) is 11.1. The van der Waals surface area contributed by atoms with Gasteiger partial charge in [-0.15, -0.1) is 0 Å². The lowest BCUT2D eigenvalue weighted by atomic mass is 10.1. The van der Waals surface area contributed by atoms with Crippen LogP contribution in [-0.4, -0.2) is 18.8 Å². The topological polar surface area (TPSA) is 54.6 Å². The van der Waals surface area contributed by atoms with Crippen molar-refractivity contribution in [2.45, 2.75) is 19.6 Å². The van der Waals surface area contributed by atoms with E-state index in [0.717, 1.165) is 24.5 Å². The summed E-state index contributed by atoms with van der Waals surface area (Å²) in [6, 6.07) is 11.7. The number of rotatable bonds is 7. The van der Waals surface area contributed by atoms with E-state index < -0.39 is 0 Å². The molecular weight excluding hydrogens is 242 g/mol. The van der Waals surface area contributed by atoms with Crippen LogP contribution >= 0.6 is 0 Å². The maximum absolute atomic E-state index is 8.90. The summed E-state index contributed by atoms with van der Waals surface area (Å²) in [6.07, 6.45) is 0.900. The number of hydrogen-bond acceptors (Lipinski definition) is 4. The van der Waals surface area contributed by atoms with Gasteiger partial charge in [-0.3, -0.25) is 0 Å². The first-order valence-corrected chi connectivity index (χ1v) is 6.34. The van der Waals surface area contributed by atoms with Gasteiger partial charge in [-0.1, -0.05) is 18.2 Å². The predicted octanol–water partition coefficient (Wildman–Crippen LogP) is 2.11. The molecule has 1 heterocycles. The maximum atomic E-state index is 8.90. The molecule has 0 aliphatic carbocycles. The van der Waals surface area contributed by atoms with E-state index in [0.29, 0.717) is 12.3 Å². The summed E-state index contributed by atoms with van der Waals surface area (Å²) in [5.74, 6) is 2.36. The van der Waals surface area contributed by atoms with Crippen LogP contribution < -0.4 is 10.1 Å². The van der Waals surface area contributed by atoms with Gasteiger partial charge in [0.25, 0.3) is 0 Å². The molecule has 1 aromatic heterocycles. The van der Waals surface area contributed by atoms with E-state index in [2.05, 4.69) is 11.4 Å². The van der Waals surface area contributed by atoms with Gasteiger partial charge >= 0.3 is 0 Å². The van der Waals surface area contributed by atoms with Crippen LogP contribution in [0.1, 0.15) is 17.1 Å². The van der Waals surface area contributed by atoms with E-state index in [9.17, 15) is 0 Å². The molecule has 0 fully saturated rings. The molecule has 102 valence electrons. The molecule has 2 aromatic rings. The van der Waals surface area contributed by atoms with Crippen molar-refractivity contribution in [1.82, 2.24) is 5.32 Å². The van der Waals surface area contributed by atoms with Crippen molar-refractivity contribution in [3.63, 3.8) is 0 Å². The first-order valence-electron chi connectivity index (χ1n) is 6.34. The molecule has 1 aromatic carbocycles. The third kappa shape index (κ3) is 3.84. The average Bonchev–Trinajstić information content (AvgIpc) is 2.92. The lowest BCUT2D eigenvalue weighted by Crippen LogP contribution is -2.16. The molecule has 0 bridgehead atoms. The van der Waals surface area contributed by atoms with E-state index in [1.807, 2.05) is 24.3 Å². The smallest absolute Gasteiger partial charge is 0.129 e. The Labute approximate surface area is 113 Å². The van der Waals surface area contributed by atoms with Gasteiger partial charge in [0.2, 0.25) is 0 Å². The van der Waals surface area contributed by atoms with Gasteiger partial charge in [0.05, 0.1) is 13.7 Å². The molecule has 0 spiro atoms. The molecule has 0 atom stereocenters. The fraction of sp³-hybridized carbons (Fsp3) is 0.333. The summed E-state index contributed by atoms with van der Waals surface area (Å²) in [4.78, 5) is 0. The van der Waals surface area contributed by atoms with Crippen LogP contribution in [0.25, 0.3) is 0 Å². The first-order chi connectivity index (χ1) is 9.33. The molecule has 19 heavy (non-hydrogen) atoms. The number of aliphatic hydroxyl groups is 1. The highest BCUT2D eigenvalue weighted by Crippen LogP contribution is 2.17. The van der Waals surface area contributed by atoms with E-state index in [1.165, 1.54) is 5.56 Å². The van der Waals surface area contributed by atoms with Gasteiger partial charge in [-0.05, 0) is 36.7 Å². The van der Waals surface area contributed by atoms with Gasteiger partial charge in [-0.2, -0.15) is 0 Å². The number of benzene rings is 1. The highest BCUT2D eigenvalue weighted by atomic mass is 16.5. The Morgan fingerprint density at radius 3 is 2.68 bits per heavy atom. The quantitative estimate of drug-likeness (QED) is 0.750. The van der Waals surface area contributed by atoms with Crippen LogP contribution in [0.2, 0.25) is 0 Å². The van der Waals surface area contributed by atoms with Crippen LogP contribution in [0.3, 0.4) is 0 Å². The monoisotopic (exact) mass is 261 g/mol. The third-order valence-electron chi connectivity index (χ3n) is 2.94. The zero-order valence-corrected chi connectivity index (χ0v) is 11.1. The second-order valence-corrected chi connectivity index (χ2v) is 4.26. The van der Waals surface area contributed by atoms with Gasteiger partial charge < -0.3 is 19.6 Å². The van der Waals surface area contributed by atoms with Crippen molar-refractivity contribution in [3.8, 4) is 5.75 Å². The van der Waals surface area contributed by atoms with E-state index in [-0.39, 0.29) is 6.61 Å². The summed E-state index contributed by atoms with van der Waals surface area (Å²) >= 11 is 0. The molecule has 0 unspecified atom stereocenters. The fourth-order valence-electron chi connectivity index (χ4n) is 1.95. The fourth-order valence-corrected chi connectivity index (χ4v) is 1.95. The van der Waals surface area contributed by atoms with Crippen LogP contribution in [0.15, 0.2) is 40.8 Å². The zero-order chi connectivity index (χ0) is 13.5. The SMILES string of the molecule is COc1ccccc1CCNCc1ccc(CO)o1. The van der Waals surface area contributed by atoms with Gasteiger partial charge in [0, 0.05) is 0 Å². The Morgan fingerprint density at radius 2 is 1.95 bits per heavy atom. The number of furan rings is 1. The number of para-hydroxylation sites is 1. The third-order valence-corrected chi connectivity index (χ3v) is 2.94. The second-order valence-electron chi connectivity index (χ2n) is 4.26. The summed E-state index contributed by atoms with van der Waals surface area (Å²) in [5.41, 5.74) is 1.19. The highest BCUT2D eigenvalue weighted by Gasteiger charge is 2.02. The summed E-state index contributed by atoms with van der Waals surface area (Å²) in [5, 5.41) is 12.2. The Bertz CT molecular complexity index is 508. The Balaban J connectivity index is 1.77. The van der Waals surface area contributed by atoms with Crippen molar-refractivity contribution in [2.75, 3.05) is 13.7 Å². The number of nitrogens with one attached hydrogen (secondary N) is 1. The standard InChI is InChI=1S/C15H19NO3/c1-18-15-5-3-2-4-12(15)8-9-16-10-13-6-7-14(11-17)19-13/h2-7,16-17H,8-11H2,1H3. The predicted molar refractivity (Wildman–Crippen MR) is 73.0 cm³/mol. The van der Waals surface area contributed by atoms with Crippen LogP contribution in [0, 0.1) is 0 Å². The lowest BCUT2D eigenvalue weighted by molar-refractivity contribution is 0.243. The van der Waals surface area contributed by atoms with Gasteiger partial charge in [0.1, 0.15) is 23.9 Å². The van der Waals surface area contributed by atoms with Crippen LogP contribution in [0.4, 0.5) is 0 Å². The van der Waals surface area contributed by atoms with Crippen molar-refractivity contribution in [1.29, 1.82) is 0 Å². The largest absolute Gasteiger partial charge is 0.496 e. The van der Waals surface area contributed by atoms with Crippen molar-refractivity contribution >= 4 is 0 Å². The number of aliphatic hydroxyl groups excluding tert-OH is 1. The van der Waals surface area contributed by atoms with E-state index >= 15 is 0 Å². The van der Waals surface area contributed by atoms with Gasteiger partial charge in [0.15, 0.2) is 0 Å². The Kier molecular flexibility index (Phi) is 5.01. The molecule has 0 aliphatic heterocycles. The molecule has 4 nitrogen and oxygen atoms in total. The molecular formula is C15H19NO3. The minimum atomic E-state index is -0.0544. The number of methoxy groups -OCH3 is 1. The van der Waals surface area contributed by atoms with E-state index in [1.54, 1.807) is 13.2 Å². The van der Waals surface area contributed by atoms with Crippen LogP contribution in [0.5, 0.6) is 5.75 Å². The summed E-state index contributed by atoms with van der Waals surface area (Å²) in [7, 11) is 1.69. The number of hydrogen-bond donors (Lipinski definition) is 2. The van der Waals surface area contributed by atoms with E-state index in [4.69, 9.17) is 14.3 Å². The van der Waals surface area contributed by atoms with Crippen molar-refractivity contribution in [3.05, 3.63) is 53.5 Å². The molecule has 2 N–H and O–H groups in total. The molecule has 0 saturated heterocycles. The minimum Gasteiger partial charge on any atom is -0.496 e. The maximum Gasteiger partial charge on any atom is 0.129 e. The highest BCUT2D eigenvalue weighted by molar-refractivity contribution is 5.33. The number of ether oxygens (including phenoxy) is 1. The van der Waals surface area contributed by atoms with Crippen molar-refractivity contribution in [2.24, 2.45) is 0 Å². The molecule has 4 heteroatoms. The van der Waals surface area contributed by atoms with Crippen LogP contribution in [-0.2, 0) is 19.6 Å². The Morgan fingerprint density at radius 1 is 1.16 bits per heavy atom. The molecule has 0 radical (unpaired) electrons. The summed E-state index contributed by atoms with van der Waals surface area (Å²) < 4.78 is 10.7. The molecule has 2 rings (SSSR count). The first kappa shape index (κ1) is 13.6. The molecule has 0 amide bonds. The molecule has 0 saturated carbocycles. The minimum absolute atomic E-state index is 0.0544.